The number of benzene rings is 3. The molecule has 3 aromatic carbocycles. The van der Waals surface area contributed by atoms with E-state index in [9.17, 15) is 14.4 Å². The first kappa shape index (κ1) is 24.1. The zero-order valence-electron chi connectivity index (χ0n) is 19.9. The van der Waals surface area contributed by atoms with E-state index in [4.69, 9.17) is 0 Å². The molecular formula is C28H26N6O3. The van der Waals surface area contributed by atoms with Crippen molar-refractivity contribution in [1.82, 2.24) is 21.3 Å². The monoisotopic (exact) mass is 494 g/mol. The maximum atomic E-state index is 12.7. The molecule has 2 heterocycles. The lowest BCUT2D eigenvalue weighted by Crippen LogP contribution is -2.63. The molecule has 4 N–H and O–H groups in total. The molecule has 0 aromatic heterocycles. The van der Waals surface area contributed by atoms with E-state index in [2.05, 4.69) is 31.3 Å². The first-order valence-electron chi connectivity index (χ1n) is 12.0. The summed E-state index contributed by atoms with van der Waals surface area (Å²) in [6.07, 6.45) is 0.110. The molecule has 37 heavy (non-hydrogen) atoms. The minimum atomic E-state index is -0.929. The third-order valence-electron chi connectivity index (χ3n) is 6.14. The molecule has 2 aliphatic heterocycles. The van der Waals surface area contributed by atoms with Gasteiger partial charge in [-0.3, -0.25) is 19.7 Å². The van der Waals surface area contributed by atoms with Crippen LogP contribution in [0.15, 0.2) is 101 Å². The normalized spacial score (nSPS) is 20.4. The molecule has 2 amide bonds. The van der Waals surface area contributed by atoms with Crippen molar-refractivity contribution in [2.45, 2.75) is 31.2 Å². The zero-order valence-corrected chi connectivity index (χ0v) is 19.9. The van der Waals surface area contributed by atoms with Crippen LogP contribution in [0.3, 0.4) is 0 Å². The summed E-state index contributed by atoms with van der Waals surface area (Å²) < 4.78 is 0. The van der Waals surface area contributed by atoms with Gasteiger partial charge >= 0.3 is 0 Å². The molecule has 5 rings (SSSR count). The fourth-order valence-electron chi connectivity index (χ4n) is 4.18. The predicted molar refractivity (Wildman–Crippen MR) is 140 cm³/mol. The van der Waals surface area contributed by atoms with E-state index in [-0.39, 0.29) is 35.6 Å². The highest BCUT2D eigenvalue weighted by atomic mass is 16.2. The highest BCUT2D eigenvalue weighted by molar-refractivity contribution is 6.12. The van der Waals surface area contributed by atoms with Gasteiger partial charge in [-0.15, -0.1) is 0 Å². The van der Waals surface area contributed by atoms with E-state index in [1.54, 1.807) is 48.5 Å². The van der Waals surface area contributed by atoms with Gasteiger partial charge in [0, 0.05) is 29.2 Å². The lowest BCUT2D eigenvalue weighted by molar-refractivity contribution is 0.0931. The summed E-state index contributed by atoms with van der Waals surface area (Å²) in [5, 5.41) is 12.0. The van der Waals surface area contributed by atoms with Crippen molar-refractivity contribution in [1.29, 1.82) is 0 Å². The van der Waals surface area contributed by atoms with Gasteiger partial charge in [0.1, 0.15) is 5.84 Å². The van der Waals surface area contributed by atoms with Crippen LogP contribution in [0.2, 0.25) is 0 Å². The number of hydrogen-bond acceptors (Lipinski definition) is 7. The number of ketones is 1. The van der Waals surface area contributed by atoms with Gasteiger partial charge in [0.15, 0.2) is 5.78 Å². The van der Waals surface area contributed by atoms with Crippen LogP contribution >= 0.6 is 0 Å². The molecule has 0 aliphatic carbocycles. The van der Waals surface area contributed by atoms with Gasteiger partial charge in [0.05, 0.1) is 6.04 Å². The molecule has 1 fully saturated rings. The standard InChI is InChI=1S/C28H26N6O3/c35-23(18-10-4-1-5-11-18)17-21-16-22(29-21)24-30-27(32-25(36)19-12-6-2-7-13-19)34-28(31-24)33-26(37)20-14-8-3-9-15-20/h1-15,21-22,27,29H,16-17H2,(H,32,36)(H2,30,31,33,34,37). The molecule has 186 valence electrons. The van der Waals surface area contributed by atoms with Crippen LogP contribution in [0.1, 0.15) is 43.9 Å². The second kappa shape index (κ2) is 11.0. The van der Waals surface area contributed by atoms with E-state index < -0.39 is 6.29 Å². The van der Waals surface area contributed by atoms with Gasteiger partial charge in [0.25, 0.3) is 11.8 Å². The van der Waals surface area contributed by atoms with E-state index in [0.29, 0.717) is 35.4 Å². The Kier molecular flexibility index (Phi) is 7.14. The SMILES string of the molecule is O=C(CC1CC(C2=NC(NC(=O)c3ccccc3)N=C(NC(=O)c3ccccc3)N2)N1)c1ccccc1. The molecule has 3 unspecified atom stereocenters. The highest BCUT2D eigenvalue weighted by Gasteiger charge is 2.36. The minimum Gasteiger partial charge on any atom is -0.313 e. The Balaban J connectivity index is 1.27. The number of nitrogens with zero attached hydrogens (tertiary/aromatic N) is 2. The minimum absolute atomic E-state index is 0.000733. The summed E-state index contributed by atoms with van der Waals surface area (Å²) in [6, 6.07) is 26.6. The molecule has 0 spiro atoms. The first-order valence-corrected chi connectivity index (χ1v) is 12.0. The Morgan fingerprint density at radius 3 is 1.89 bits per heavy atom. The van der Waals surface area contributed by atoms with Crippen molar-refractivity contribution in [2.75, 3.05) is 0 Å². The third-order valence-corrected chi connectivity index (χ3v) is 6.14. The molecule has 9 nitrogen and oxygen atoms in total. The number of rotatable bonds is 7. The Morgan fingerprint density at radius 2 is 1.30 bits per heavy atom. The van der Waals surface area contributed by atoms with Gasteiger partial charge in [0.2, 0.25) is 12.2 Å². The number of nitrogens with one attached hydrogen (secondary N) is 4. The summed E-state index contributed by atoms with van der Waals surface area (Å²) in [5.41, 5.74) is 1.63. The van der Waals surface area contributed by atoms with Crippen molar-refractivity contribution in [3.63, 3.8) is 0 Å². The molecule has 3 aromatic rings. The summed E-state index contributed by atoms with van der Waals surface area (Å²) >= 11 is 0. The van der Waals surface area contributed by atoms with Crippen molar-refractivity contribution in [2.24, 2.45) is 9.98 Å². The number of amides is 2. The lowest BCUT2D eigenvalue weighted by atomic mass is 9.90. The molecule has 0 bridgehead atoms. The number of aliphatic imine (C=N–C) groups is 2. The molecular weight excluding hydrogens is 468 g/mol. The quantitative estimate of drug-likeness (QED) is 0.376. The Hall–Kier alpha value is -4.63. The maximum absolute atomic E-state index is 12.7. The van der Waals surface area contributed by atoms with Crippen LogP contribution in [-0.2, 0) is 0 Å². The van der Waals surface area contributed by atoms with Gasteiger partial charge < -0.3 is 16.0 Å². The molecule has 9 heteroatoms. The van der Waals surface area contributed by atoms with Crippen molar-refractivity contribution in [3.05, 3.63) is 108 Å². The Morgan fingerprint density at radius 1 is 0.757 bits per heavy atom. The summed E-state index contributed by atoms with van der Waals surface area (Å²) in [4.78, 5) is 46.9. The van der Waals surface area contributed by atoms with Crippen LogP contribution in [0, 0.1) is 0 Å². The summed E-state index contributed by atoms with van der Waals surface area (Å²) in [6.45, 7) is 0. The molecule has 1 saturated heterocycles. The number of carbonyl (C=O) groups is 3. The topological polar surface area (TPSA) is 124 Å². The highest BCUT2D eigenvalue weighted by Crippen LogP contribution is 2.19. The van der Waals surface area contributed by atoms with E-state index in [1.165, 1.54) is 0 Å². The fraction of sp³-hybridized carbons (Fsp3) is 0.179. The lowest BCUT2D eigenvalue weighted by Gasteiger charge is -2.39. The van der Waals surface area contributed by atoms with E-state index in [0.717, 1.165) is 0 Å². The van der Waals surface area contributed by atoms with Crippen LogP contribution in [0.4, 0.5) is 0 Å². The zero-order chi connectivity index (χ0) is 25.6. The number of amidine groups is 1. The second-order valence-corrected chi connectivity index (χ2v) is 8.80. The molecule has 2 aliphatic rings. The maximum Gasteiger partial charge on any atom is 0.257 e. The van der Waals surface area contributed by atoms with Crippen LogP contribution in [0.25, 0.3) is 0 Å². The van der Waals surface area contributed by atoms with E-state index in [1.807, 2.05) is 42.5 Å². The van der Waals surface area contributed by atoms with Gasteiger partial charge in [-0.1, -0.05) is 66.7 Å². The average molecular weight is 495 g/mol. The van der Waals surface area contributed by atoms with Crippen LogP contribution < -0.4 is 21.3 Å². The third kappa shape index (κ3) is 5.96. The van der Waals surface area contributed by atoms with Crippen molar-refractivity contribution >= 4 is 29.4 Å². The van der Waals surface area contributed by atoms with Crippen LogP contribution in [-0.4, -0.2) is 47.8 Å². The summed E-state index contributed by atoms with van der Waals surface area (Å²) in [5.74, 6) is 0.110. The van der Waals surface area contributed by atoms with Crippen LogP contribution in [0.5, 0.6) is 0 Å². The number of Topliss-reactive ketones (excluding diaryl/α,β-unsaturated/α-hetero) is 1. The van der Waals surface area contributed by atoms with Gasteiger partial charge in [-0.25, -0.2) is 9.98 Å². The molecule has 3 atom stereocenters. The summed E-state index contributed by atoms with van der Waals surface area (Å²) in [7, 11) is 0. The fourth-order valence-corrected chi connectivity index (χ4v) is 4.18. The number of guanidine groups is 1. The second-order valence-electron chi connectivity index (χ2n) is 8.80. The average Bonchev–Trinajstić information content (AvgIpc) is 2.91. The Bertz CT molecular complexity index is 1340. The predicted octanol–water partition coefficient (Wildman–Crippen LogP) is 2.49. The van der Waals surface area contributed by atoms with Crippen molar-refractivity contribution in [3.8, 4) is 0 Å². The molecule has 0 saturated carbocycles. The van der Waals surface area contributed by atoms with Crippen molar-refractivity contribution < 1.29 is 14.4 Å². The first-order chi connectivity index (χ1) is 18.0. The smallest absolute Gasteiger partial charge is 0.257 e. The van der Waals surface area contributed by atoms with Gasteiger partial charge in [-0.2, -0.15) is 0 Å². The largest absolute Gasteiger partial charge is 0.313 e. The number of hydrogen-bond donors (Lipinski definition) is 4. The van der Waals surface area contributed by atoms with Gasteiger partial charge in [-0.05, 0) is 30.7 Å². The van der Waals surface area contributed by atoms with E-state index >= 15 is 0 Å². The molecule has 0 radical (unpaired) electrons. The Labute approximate surface area is 214 Å². The number of carbonyl (C=O) groups excluding carboxylic acids is 3.